The smallest absolute Gasteiger partial charge is 0.0593 e. The van der Waals surface area contributed by atoms with Crippen molar-refractivity contribution in [1.29, 1.82) is 0 Å². The van der Waals surface area contributed by atoms with Gasteiger partial charge in [-0.15, -0.1) is 0 Å². The molecule has 0 aliphatic heterocycles. The summed E-state index contributed by atoms with van der Waals surface area (Å²) in [5.41, 5.74) is 5.63. The Morgan fingerprint density at radius 2 is 1.56 bits per heavy atom. The van der Waals surface area contributed by atoms with Crippen molar-refractivity contribution in [2.45, 2.75) is 33.6 Å². The number of hydrogen-bond acceptors (Lipinski definition) is 4. The lowest BCUT2D eigenvalue weighted by Gasteiger charge is -2.22. The second-order valence-electron chi connectivity index (χ2n) is 4.72. The quantitative estimate of drug-likeness (QED) is 0.512. The Morgan fingerprint density at radius 1 is 1.00 bits per heavy atom. The molecule has 0 radical (unpaired) electrons. The zero-order valence-electron chi connectivity index (χ0n) is 12.5. The number of nitrogens with zero attached hydrogens (tertiary/aromatic N) is 1. The standard InChI is InChI=1S/C14H32N2O2/c1-4-17-11-9-16(10-12-18-5-2)8-6-7-14(3)13-15/h14H,4-13,15H2,1-3H3. The first-order chi connectivity index (χ1) is 8.74. The molecular weight excluding hydrogens is 228 g/mol. The van der Waals surface area contributed by atoms with Gasteiger partial charge in [0.15, 0.2) is 0 Å². The molecule has 110 valence electrons. The zero-order valence-corrected chi connectivity index (χ0v) is 12.5. The van der Waals surface area contributed by atoms with Gasteiger partial charge in [0.1, 0.15) is 0 Å². The van der Waals surface area contributed by atoms with Gasteiger partial charge in [0.05, 0.1) is 13.2 Å². The second kappa shape index (κ2) is 13.3. The molecule has 0 aromatic rings. The van der Waals surface area contributed by atoms with Crippen molar-refractivity contribution in [2.24, 2.45) is 11.7 Å². The van der Waals surface area contributed by atoms with Crippen LogP contribution in [0, 0.1) is 5.92 Å². The zero-order chi connectivity index (χ0) is 13.6. The molecule has 0 aliphatic carbocycles. The molecule has 0 spiro atoms. The third kappa shape index (κ3) is 11.0. The Kier molecular flexibility index (Phi) is 13.2. The van der Waals surface area contributed by atoms with Crippen LogP contribution >= 0.6 is 0 Å². The number of hydrogen-bond donors (Lipinski definition) is 1. The van der Waals surface area contributed by atoms with Crippen molar-refractivity contribution in [2.75, 3.05) is 52.6 Å². The fraction of sp³-hybridized carbons (Fsp3) is 1.00. The van der Waals surface area contributed by atoms with Gasteiger partial charge in [-0.3, -0.25) is 4.90 Å². The van der Waals surface area contributed by atoms with Crippen molar-refractivity contribution >= 4 is 0 Å². The molecule has 0 aliphatic rings. The lowest BCUT2D eigenvalue weighted by molar-refractivity contribution is 0.0816. The Balaban J connectivity index is 3.73. The van der Waals surface area contributed by atoms with Crippen LogP contribution in [-0.2, 0) is 9.47 Å². The lowest BCUT2D eigenvalue weighted by Crippen LogP contribution is -2.32. The third-order valence-corrected chi connectivity index (χ3v) is 3.09. The molecule has 2 N–H and O–H groups in total. The predicted octanol–water partition coefficient (Wildman–Crippen LogP) is 1.74. The molecule has 0 saturated carbocycles. The van der Waals surface area contributed by atoms with Gasteiger partial charge in [-0.25, -0.2) is 0 Å². The van der Waals surface area contributed by atoms with Crippen LogP contribution in [-0.4, -0.2) is 57.5 Å². The van der Waals surface area contributed by atoms with Crippen LogP contribution in [0.1, 0.15) is 33.6 Å². The maximum atomic E-state index is 5.63. The minimum absolute atomic E-state index is 0.630. The van der Waals surface area contributed by atoms with E-state index < -0.39 is 0 Å². The molecule has 0 fully saturated rings. The molecule has 0 aromatic carbocycles. The SMILES string of the molecule is CCOCCN(CCCC(C)CN)CCOCC. The molecular formula is C14H32N2O2. The summed E-state index contributed by atoms with van der Waals surface area (Å²) >= 11 is 0. The molecule has 0 amide bonds. The first-order valence-corrected chi connectivity index (χ1v) is 7.32. The van der Waals surface area contributed by atoms with E-state index in [0.717, 1.165) is 52.6 Å². The van der Waals surface area contributed by atoms with E-state index in [4.69, 9.17) is 15.2 Å². The molecule has 0 saturated heterocycles. The molecule has 18 heavy (non-hydrogen) atoms. The fourth-order valence-electron chi connectivity index (χ4n) is 1.79. The topological polar surface area (TPSA) is 47.7 Å². The average Bonchev–Trinajstić information content (AvgIpc) is 2.38. The van der Waals surface area contributed by atoms with Crippen molar-refractivity contribution in [3.05, 3.63) is 0 Å². The average molecular weight is 260 g/mol. The summed E-state index contributed by atoms with van der Waals surface area (Å²) in [4.78, 5) is 2.43. The third-order valence-electron chi connectivity index (χ3n) is 3.09. The van der Waals surface area contributed by atoms with Gasteiger partial charge in [0.2, 0.25) is 0 Å². The first-order valence-electron chi connectivity index (χ1n) is 7.32. The van der Waals surface area contributed by atoms with Crippen molar-refractivity contribution in [1.82, 2.24) is 4.90 Å². The molecule has 1 atom stereocenters. The second-order valence-corrected chi connectivity index (χ2v) is 4.72. The first kappa shape index (κ1) is 17.8. The monoisotopic (exact) mass is 260 g/mol. The van der Waals surface area contributed by atoms with Crippen molar-refractivity contribution in [3.8, 4) is 0 Å². The van der Waals surface area contributed by atoms with Crippen LogP contribution in [0.3, 0.4) is 0 Å². The van der Waals surface area contributed by atoms with Crippen molar-refractivity contribution < 1.29 is 9.47 Å². The maximum absolute atomic E-state index is 5.63. The molecule has 0 heterocycles. The minimum atomic E-state index is 0.630. The van der Waals surface area contributed by atoms with Crippen LogP contribution in [0.5, 0.6) is 0 Å². The van der Waals surface area contributed by atoms with Gasteiger partial charge in [-0.05, 0) is 45.7 Å². The highest BCUT2D eigenvalue weighted by atomic mass is 16.5. The van der Waals surface area contributed by atoms with E-state index in [0.29, 0.717) is 5.92 Å². The van der Waals surface area contributed by atoms with Crippen LogP contribution in [0.15, 0.2) is 0 Å². The van der Waals surface area contributed by atoms with Crippen LogP contribution in [0.4, 0.5) is 0 Å². The summed E-state index contributed by atoms with van der Waals surface area (Å²) in [6, 6.07) is 0. The van der Waals surface area contributed by atoms with E-state index in [9.17, 15) is 0 Å². The minimum Gasteiger partial charge on any atom is -0.380 e. The van der Waals surface area contributed by atoms with E-state index in [1.54, 1.807) is 0 Å². The molecule has 4 nitrogen and oxygen atoms in total. The van der Waals surface area contributed by atoms with E-state index in [1.165, 1.54) is 12.8 Å². The van der Waals surface area contributed by atoms with Gasteiger partial charge >= 0.3 is 0 Å². The van der Waals surface area contributed by atoms with Crippen molar-refractivity contribution in [3.63, 3.8) is 0 Å². The number of rotatable bonds is 13. The van der Waals surface area contributed by atoms with Gasteiger partial charge in [-0.1, -0.05) is 6.92 Å². The Morgan fingerprint density at radius 3 is 2.00 bits per heavy atom. The van der Waals surface area contributed by atoms with E-state index in [-0.39, 0.29) is 0 Å². The maximum Gasteiger partial charge on any atom is 0.0593 e. The summed E-state index contributed by atoms with van der Waals surface area (Å²) in [6.07, 6.45) is 2.41. The van der Waals surface area contributed by atoms with Crippen LogP contribution in [0.2, 0.25) is 0 Å². The lowest BCUT2D eigenvalue weighted by atomic mass is 10.1. The Labute approximate surface area is 113 Å². The number of nitrogens with two attached hydrogens (primary N) is 1. The highest BCUT2D eigenvalue weighted by molar-refractivity contribution is 4.60. The summed E-state index contributed by atoms with van der Waals surface area (Å²) in [5, 5.41) is 0. The Bertz CT molecular complexity index is 158. The summed E-state index contributed by atoms with van der Waals surface area (Å²) in [7, 11) is 0. The highest BCUT2D eigenvalue weighted by Gasteiger charge is 2.06. The molecule has 0 bridgehead atoms. The van der Waals surface area contributed by atoms with Crippen LogP contribution in [0.25, 0.3) is 0 Å². The summed E-state index contributed by atoms with van der Waals surface area (Å²) in [5.74, 6) is 0.630. The Hall–Kier alpha value is -0.160. The predicted molar refractivity (Wildman–Crippen MR) is 76.9 cm³/mol. The molecule has 0 rings (SSSR count). The molecule has 0 aromatic heterocycles. The van der Waals surface area contributed by atoms with Gasteiger partial charge in [0.25, 0.3) is 0 Å². The summed E-state index contributed by atoms with van der Waals surface area (Å²) in [6.45, 7) is 13.4. The number of ether oxygens (including phenoxy) is 2. The van der Waals surface area contributed by atoms with Gasteiger partial charge in [-0.2, -0.15) is 0 Å². The van der Waals surface area contributed by atoms with E-state index in [2.05, 4.69) is 11.8 Å². The van der Waals surface area contributed by atoms with E-state index in [1.807, 2.05) is 13.8 Å². The van der Waals surface area contributed by atoms with Gasteiger partial charge < -0.3 is 15.2 Å². The fourth-order valence-corrected chi connectivity index (χ4v) is 1.79. The molecule has 1 unspecified atom stereocenters. The summed E-state index contributed by atoms with van der Waals surface area (Å²) < 4.78 is 10.8. The molecule has 4 heteroatoms. The highest BCUT2D eigenvalue weighted by Crippen LogP contribution is 2.04. The van der Waals surface area contributed by atoms with E-state index >= 15 is 0 Å². The van der Waals surface area contributed by atoms with Gasteiger partial charge in [0, 0.05) is 26.3 Å². The van der Waals surface area contributed by atoms with Crippen LogP contribution < -0.4 is 5.73 Å². The normalized spacial score (nSPS) is 13.2. The largest absolute Gasteiger partial charge is 0.380 e.